The largest absolute Gasteiger partial charge is 0.469 e. The highest BCUT2D eigenvalue weighted by molar-refractivity contribution is 6.04. The van der Waals surface area contributed by atoms with E-state index in [2.05, 4.69) is 25.9 Å². The number of nitrogens with zero attached hydrogens (tertiary/aromatic N) is 6. The molecule has 0 bridgehead atoms. The Morgan fingerprint density at radius 2 is 1.74 bits per heavy atom. The zero-order valence-corrected chi connectivity index (χ0v) is 19.7. The van der Waals surface area contributed by atoms with Gasteiger partial charge in [0.2, 0.25) is 0 Å². The van der Waals surface area contributed by atoms with Crippen molar-refractivity contribution in [2.75, 3.05) is 12.4 Å². The second-order valence-corrected chi connectivity index (χ2v) is 7.94. The number of carbonyl (C=O) groups is 2. The van der Waals surface area contributed by atoms with Crippen molar-refractivity contribution in [1.29, 1.82) is 0 Å². The number of aromatic nitrogens is 6. The van der Waals surface area contributed by atoms with Crippen molar-refractivity contribution in [2.24, 2.45) is 0 Å². The summed E-state index contributed by atoms with van der Waals surface area (Å²) in [5.74, 6) is -0.788. The molecule has 35 heavy (non-hydrogen) atoms. The van der Waals surface area contributed by atoms with Crippen LogP contribution in [0.5, 0.6) is 0 Å². The van der Waals surface area contributed by atoms with Crippen LogP contribution >= 0.6 is 0 Å². The lowest BCUT2D eigenvalue weighted by Crippen LogP contribution is -2.14. The summed E-state index contributed by atoms with van der Waals surface area (Å²) >= 11 is 0. The average Bonchev–Trinajstić information content (AvgIpc) is 3.41. The van der Waals surface area contributed by atoms with Crippen LogP contribution in [0.3, 0.4) is 0 Å². The molecule has 0 saturated carbocycles. The van der Waals surface area contributed by atoms with Crippen LogP contribution < -0.4 is 5.32 Å². The molecule has 0 atom stereocenters. The van der Waals surface area contributed by atoms with Crippen molar-refractivity contribution in [2.45, 2.75) is 33.6 Å². The van der Waals surface area contributed by atoms with Crippen LogP contribution in [0.15, 0.2) is 42.5 Å². The molecule has 0 aliphatic rings. The molecule has 0 saturated heterocycles. The van der Waals surface area contributed by atoms with Gasteiger partial charge in [-0.25, -0.2) is 9.07 Å². The Morgan fingerprint density at radius 1 is 1.03 bits per heavy atom. The zero-order valence-electron chi connectivity index (χ0n) is 19.7. The van der Waals surface area contributed by atoms with Gasteiger partial charge in [-0.2, -0.15) is 9.78 Å². The standard InChI is InChI=1S/C24H24FN7O3/c1-14-20(10-12-23(33)35-4)15(2)31(28-14)18-7-5-17(6-8-18)24(34)26-22-13-19(9-11-21(22)25)32-16(3)27-29-30-32/h5-9,11,13H,10,12H2,1-4H3,(H,26,34). The molecule has 2 heterocycles. The van der Waals surface area contributed by atoms with Crippen molar-refractivity contribution in [3.63, 3.8) is 0 Å². The summed E-state index contributed by atoms with van der Waals surface area (Å²) in [5, 5.41) is 18.4. The molecule has 4 aromatic rings. The molecule has 1 amide bonds. The third-order valence-corrected chi connectivity index (χ3v) is 5.69. The number of benzene rings is 2. The van der Waals surface area contributed by atoms with Crippen LogP contribution in [0.4, 0.5) is 10.1 Å². The number of carbonyl (C=O) groups excluding carboxylic acids is 2. The van der Waals surface area contributed by atoms with Crippen LogP contribution in [0.1, 0.15) is 39.6 Å². The van der Waals surface area contributed by atoms with Gasteiger partial charge in [-0.3, -0.25) is 9.59 Å². The topological polar surface area (TPSA) is 117 Å². The van der Waals surface area contributed by atoms with Crippen LogP contribution in [0.25, 0.3) is 11.4 Å². The predicted molar refractivity (Wildman–Crippen MR) is 125 cm³/mol. The van der Waals surface area contributed by atoms with Gasteiger partial charge in [0.1, 0.15) is 5.82 Å². The zero-order chi connectivity index (χ0) is 25.1. The van der Waals surface area contributed by atoms with Crippen molar-refractivity contribution in [3.8, 4) is 11.4 Å². The van der Waals surface area contributed by atoms with E-state index in [0.717, 1.165) is 22.6 Å². The molecular weight excluding hydrogens is 453 g/mol. The number of amides is 1. The van der Waals surface area contributed by atoms with E-state index in [9.17, 15) is 14.0 Å². The molecule has 0 spiro atoms. The van der Waals surface area contributed by atoms with Crippen LogP contribution in [-0.4, -0.2) is 49.0 Å². The molecule has 0 radical (unpaired) electrons. The number of rotatable bonds is 7. The SMILES string of the molecule is COC(=O)CCc1c(C)nn(-c2ccc(C(=O)Nc3cc(-n4nnnc4C)ccc3F)cc2)c1C. The fourth-order valence-electron chi connectivity index (χ4n) is 3.78. The summed E-state index contributed by atoms with van der Waals surface area (Å²) in [4.78, 5) is 24.3. The van der Waals surface area contributed by atoms with Gasteiger partial charge >= 0.3 is 5.97 Å². The van der Waals surface area contributed by atoms with Gasteiger partial charge in [0.05, 0.1) is 29.9 Å². The number of ether oxygens (including phenoxy) is 1. The van der Waals surface area contributed by atoms with Crippen molar-refractivity contribution in [1.82, 2.24) is 30.0 Å². The first-order chi connectivity index (χ1) is 16.8. The summed E-state index contributed by atoms with van der Waals surface area (Å²) in [6.07, 6.45) is 0.799. The van der Waals surface area contributed by atoms with Gasteiger partial charge in [-0.1, -0.05) is 0 Å². The van der Waals surface area contributed by atoms with Gasteiger partial charge in [-0.05, 0) is 85.6 Å². The van der Waals surface area contributed by atoms with E-state index in [1.165, 1.54) is 30.0 Å². The van der Waals surface area contributed by atoms with Gasteiger partial charge < -0.3 is 10.1 Å². The first kappa shape index (κ1) is 23.7. The highest BCUT2D eigenvalue weighted by Crippen LogP contribution is 2.22. The van der Waals surface area contributed by atoms with E-state index in [0.29, 0.717) is 23.5 Å². The molecule has 0 fully saturated rings. The summed E-state index contributed by atoms with van der Waals surface area (Å²) in [6.45, 7) is 5.53. The van der Waals surface area contributed by atoms with Gasteiger partial charge in [0.15, 0.2) is 5.82 Å². The third kappa shape index (κ3) is 4.93. The Balaban J connectivity index is 1.52. The van der Waals surface area contributed by atoms with Crippen molar-refractivity contribution in [3.05, 3.63) is 76.6 Å². The number of hydrogen-bond acceptors (Lipinski definition) is 7. The lowest BCUT2D eigenvalue weighted by molar-refractivity contribution is -0.140. The summed E-state index contributed by atoms with van der Waals surface area (Å²) in [7, 11) is 1.36. The fraction of sp³-hybridized carbons (Fsp3) is 0.250. The number of esters is 1. The first-order valence-corrected chi connectivity index (χ1v) is 10.9. The average molecular weight is 478 g/mol. The molecule has 0 aliphatic carbocycles. The van der Waals surface area contributed by atoms with Crippen LogP contribution in [0, 0.1) is 26.6 Å². The monoisotopic (exact) mass is 477 g/mol. The minimum Gasteiger partial charge on any atom is -0.469 e. The normalized spacial score (nSPS) is 10.9. The van der Waals surface area contributed by atoms with Crippen LogP contribution in [0.2, 0.25) is 0 Å². The molecule has 1 N–H and O–H groups in total. The lowest BCUT2D eigenvalue weighted by Gasteiger charge is -2.10. The van der Waals surface area contributed by atoms with Gasteiger partial charge in [-0.15, -0.1) is 5.10 Å². The Morgan fingerprint density at radius 3 is 2.40 bits per heavy atom. The van der Waals surface area contributed by atoms with Crippen LogP contribution in [-0.2, 0) is 16.0 Å². The quantitative estimate of drug-likeness (QED) is 0.406. The van der Waals surface area contributed by atoms with Gasteiger partial charge in [0, 0.05) is 17.7 Å². The highest BCUT2D eigenvalue weighted by atomic mass is 19.1. The molecular formula is C24H24FN7O3. The summed E-state index contributed by atoms with van der Waals surface area (Å²) in [6, 6.07) is 11.0. The van der Waals surface area contributed by atoms with Crippen molar-refractivity contribution >= 4 is 17.6 Å². The molecule has 4 rings (SSSR count). The molecule has 180 valence electrons. The minimum absolute atomic E-state index is 0.0141. The molecule has 2 aromatic heterocycles. The maximum absolute atomic E-state index is 14.4. The number of hydrogen-bond donors (Lipinski definition) is 1. The Bertz CT molecular complexity index is 1390. The number of aryl methyl sites for hydroxylation is 2. The molecule has 2 aromatic carbocycles. The Kier molecular flexibility index (Phi) is 6.67. The van der Waals surface area contributed by atoms with E-state index < -0.39 is 11.7 Å². The number of tetrazole rings is 1. The van der Waals surface area contributed by atoms with Crippen molar-refractivity contribution < 1.29 is 18.7 Å². The molecule has 10 nitrogen and oxygen atoms in total. The lowest BCUT2D eigenvalue weighted by atomic mass is 10.1. The fourth-order valence-corrected chi connectivity index (χ4v) is 3.78. The van der Waals surface area contributed by atoms with Gasteiger partial charge in [0.25, 0.3) is 5.91 Å². The Labute approximate surface area is 200 Å². The predicted octanol–water partition coefficient (Wildman–Crippen LogP) is 3.27. The first-order valence-electron chi connectivity index (χ1n) is 10.9. The minimum atomic E-state index is -0.577. The second-order valence-electron chi connectivity index (χ2n) is 7.94. The van der Waals surface area contributed by atoms with E-state index >= 15 is 0 Å². The maximum atomic E-state index is 14.4. The second kappa shape index (κ2) is 9.84. The summed E-state index contributed by atoms with van der Waals surface area (Å²) in [5.41, 5.74) is 4.35. The van der Waals surface area contributed by atoms with E-state index in [1.807, 2.05) is 13.8 Å². The summed E-state index contributed by atoms with van der Waals surface area (Å²) < 4.78 is 22.3. The van der Waals surface area contributed by atoms with E-state index in [1.54, 1.807) is 35.9 Å². The molecule has 0 aliphatic heterocycles. The molecule has 11 heteroatoms. The number of halogens is 1. The third-order valence-electron chi connectivity index (χ3n) is 5.69. The number of anilines is 1. The smallest absolute Gasteiger partial charge is 0.305 e. The number of nitrogens with one attached hydrogen (secondary N) is 1. The van der Waals surface area contributed by atoms with E-state index in [-0.39, 0.29) is 18.1 Å². The van der Waals surface area contributed by atoms with E-state index in [4.69, 9.17) is 4.74 Å². The number of methoxy groups -OCH3 is 1. The molecule has 0 unspecified atom stereocenters. The maximum Gasteiger partial charge on any atom is 0.305 e. The Hall–Kier alpha value is -4.41. The highest BCUT2D eigenvalue weighted by Gasteiger charge is 2.16.